The largest absolute Gasteiger partial charge is 0.327 e. The van der Waals surface area contributed by atoms with Gasteiger partial charge in [-0.3, -0.25) is 0 Å². The molecule has 17 heavy (non-hydrogen) atoms. The van der Waals surface area contributed by atoms with Gasteiger partial charge in [-0.25, -0.2) is 4.98 Å². The molecule has 0 amide bonds. The third-order valence-electron chi connectivity index (χ3n) is 3.60. The number of imidazole rings is 1. The molecule has 0 spiro atoms. The van der Waals surface area contributed by atoms with Crippen LogP contribution in [0.2, 0.25) is 0 Å². The molecule has 0 bridgehead atoms. The van der Waals surface area contributed by atoms with Gasteiger partial charge < -0.3 is 9.88 Å². The van der Waals surface area contributed by atoms with Crippen LogP contribution in [0.15, 0.2) is 42.9 Å². The highest BCUT2D eigenvalue weighted by Crippen LogP contribution is 2.25. The molecule has 3 nitrogen and oxygen atoms in total. The van der Waals surface area contributed by atoms with Crippen molar-refractivity contribution >= 4 is 0 Å². The Morgan fingerprint density at radius 2 is 2.06 bits per heavy atom. The summed E-state index contributed by atoms with van der Waals surface area (Å²) in [4.78, 5) is 4.31. The van der Waals surface area contributed by atoms with E-state index < -0.39 is 0 Å². The number of nitrogens with zero attached hydrogens (tertiary/aromatic N) is 2. The lowest BCUT2D eigenvalue weighted by atomic mass is 9.98. The number of hydrogen-bond acceptors (Lipinski definition) is 2. The number of benzene rings is 1. The molecule has 0 aliphatic carbocycles. The van der Waals surface area contributed by atoms with E-state index in [1.54, 1.807) is 0 Å². The first-order valence-corrected chi connectivity index (χ1v) is 6.13. The summed E-state index contributed by atoms with van der Waals surface area (Å²) in [5.41, 5.74) is 2.68. The van der Waals surface area contributed by atoms with E-state index in [1.807, 2.05) is 12.5 Å². The lowest BCUT2D eigenvalue weighted by Crippen LogP contribution is -2.41. The van der Waals surface area contributed by atoms with Crippen LogP contribution in [0.3, 0.4) is 0 Å². The molecule has 1 fully saturated rings. The highest BCUT2D eigenvalue weighted by Gasteiger charge is 2.24. The SMILES string of the molecule is CC(c1ccccc1)n1cncc1C1CNC1. The van der Waals surface area contributed by atoms with E-state index in [0.29, 0.717) is 12.0 Å². The molecule has 1 N–H and O–H groups in total. The highest BCUT2D eigenvalue weighted by molar-refractivity contribution is 5.22. The monoisotopic (exact) mass is 227 g/mol. The van der Waals surface area contributed by atoms with Crippen molar-refractivity contribution in [2.24, 2.45) is 0 Å². The third-order valence-corrected chi connectivity index (χ3v) is 3.60. The Morgan fingerprint density at radius 3 is 2.71 bits per heavy atom. The van der Waals surface area contributed by atoms with Crippen LogP contribution in [0.5, 0.6) is 0 Å². The van der Waals surface area contributed by atoms with Gasteiger partial charge in [-0.2, -0.15) is 0 Å². The second-order valence-electron chi connectivity index (χ2n) is 4.67. The lowest BCUT2D eigenvalue weighted by molar-refractivity contribution is 0.418. The fraction of sp³-hybridized carbons (Fsp3) is 0.357. The molecule has 1 aliphatic heterocycles. The smallest absolute Gasteiger partial charge is 0.0953 e. The van der Waals surface area contributed by atoms with Gasteiger partial charge in [0.15, 0.2) is 0 Å². The summed E-state index contributed by atoms with van der Waals surface area (Å²) in [6, 6.07) is 10.9. The van der Waals surface area contributed by atoms with Crippen LogP contribution in [-0.2, 0) is 0 Å². The average molecular weight is 227 g/mol. The first kappa shape index (κ1) is 10.5. The number of aromatic nitrogens is 2. The van der Waals surface area contributed by atoms with Crippen molar-refractivity contribution in [3.8, 4) is 0 Å². The zero-order valence-corrected chi connectivity index (χ0v) is 10.0. The molecular formula is C14H17N3. The van der Waals surface area contributed by atoms with Gasteiger partial charge in [0.2, 0.25) is 0 Å². The van der Waals surface area contributed by atoms with Gasteiger partial charge in [0, 0.05) is 30.9 Å². The Balaban J connectivity index is 1.91. The fourth-order valence-electron chi connectivity index (χ4n) is 2.34. The summed E-state index contributed by atoms with van der Waals surface area (Å²) in [7, 11) is 0. The average Bonchev–Trinajstić information content (AvgIpc) is 2.76. The van der Waals surface area contributed by atoms with Gasteiger partial charge in [0.05, 0.1) is 12.4 Å². The maximum Gasteiger partial charge on any atom is 0.0953 e. The van der Waals surface area contributed by atoms with Crippen LogP contribution in [0, 0.1) is 0 Å². The zero-order chi connectivity index (χ0) is 11.7. The Morgan fingerprint density at radius 1 is 1.29 bits per heavy atom. The number of hydrogen-bond donors (Lipinski definition) is 1. The maximum absolute atomic E-state index is 4.31. The standard InChI is InChI=1S/C14H17N3/c1-11(12-5-3-2-4-6-12)17-10-16-9-14(17)13-7-15-8-13/h2-6,9-11,13,15H,7-8H2,1H3. The molecule has 88 valence electrons. The summed E-state index contributed by atoms with van der Waals surface area (Å²) < 4.78 is 2.29. The molecule has 2 aromatic rings. The predicted molar refractivity (Wildman–Crippen MR) is 68.1 cm³/mol. The van der Waals surface area contributed by atoms with Crippen molar-refractivity contribution in [3.63, 3.8) is 0 Å². The van der Waals surface area contributed by atoms with E-state index in [0.717, 1.165) is 13.1 Å². The maximum atomic E-state index is 4.31. The van der Waals surface area contributed by atoms with E-state index in [-0.39, 0.29) is 0 Å². The molecule has 1 unspecified atom stereocenters. The minimum atomic E-state index is 0.356. The van der Waals surface area contributed by atoms with E-state index in [4.69, 9.17) is 0 Å². The second-order valence-corrected chi connectivity index (χ2v) is 4.67. The van der Waals surface area contributed by atoms with E-state index >= 15 is 0 Å². The molecule has 2 heterocycles. The summed E-state index contributed by atoms with van der Waals surface area (Å²) in [6.07, 6.45) is 3.95. The van der Waals surface area contributed by atoms with Crippen LogP contribution >= 0.6 is 0 Å². The van der Waals surface area contributed by atoms with Crippen molar-refractivity contribution in [1.29, 1.82) is 0 Å². The molecule has 1 aliphatic rings. The molecular weight excluding hydrogens is 210 g/mol. The van der Waals surface area contributed by atoms with Crippen LogP contribution < -0.4 is 5.32 Å². The van der Waals surface area contributed by atoms with Gasteiger partial charge in [0.25, 0.3) is 0 Å². The number of nitrogens with one attached hydrogen (secondary N) is 1. The van der Waals surface area contributed by atoms with Crippen LogP contribution in [0.1, 0.15) is 30.1 Å². The second kappa shape index (κ2) is 4.34. The molecule has 1 atom stereocenters. The summed E-state index contributed by atoms with van der Waals surface area (Å²) >= 11 is 0. The van der Waals surface area contributed by atoms with E-state index in [2.05, 4.69) is 52.1 Å². The van der Waals surface area contributed by atoms with Gasteiger partial charge in [-0.15, -0.1) is 0 Å². The van der Waals surface area contributed by atoms with Crippen LogP contribution in [0.25, 0.3) is 0 Å². The minimum Gasteiger partial charge on any atom is -0.327 e. The topological polar surface area (TPSA) is 29.9 Å². The van der Waals surface area contributed by atoms with Crippen LogP contribution in [-0.4, -0.2) is 22.6 Å². The molecule has 0 radical (unpaired) electrons. The Kier molecular flexibility index (Phi) is 2.69. The number of rotatable bonds is 3. The minimum absolute atomic E-state index is 0.356. The molecule has 3 heteroatoms. The van der Waals surface area contributed by atoms with Gasteiger partial charge >= 0.3 is 0 Å². The first-order valence-electron chi connectivity index (χ1n) is 6.13. The Labute approximate surface area is 101 Å². The van der Waals surface area contributed by atoms with Crippen molar-refractivity contribution in [2.45, 2.75) is 18.9 Å². The van der Waals surface area contributed by atoms with Crippen molar-refractivity contribution in [2.75, 3.05) is 13.1 Å². The lowest BCUT2D eigenvalue weighted by Gasteiger charge is -2.29. The third kappa shape index (κ3) is 1.87. The Hall–Kier alpha value is -1.61. The molecule has 3 rings (SSSR count). The quantitative estimate of drug-likeness (QED) is 0.871. The molecule has 1 saturated heterocycles. The summed E-state index contributed by atoms with van der Waals surface area (Å²) in [5.74, 6) is 0.628. The van der Waals surface area contributed by atoms with Crippen molar-refractivity contribution in [1.82, 2.24) is 14.9 Å². The highest BCUT2D eigenvalue weighted by atomic mass is 15.1. The van der Waals surface area contributed by atoms with Crippen LogP contribution in [0.4, 0.5) is 0 Å². The van der Waals surface area contributed by atoms with Crippen molar-refractivity contribution < 1.29 is 0 Å². The van der Waals surface area contributed by atoms with Gasteiger partial charge in [-0.1, -0.05) is 30.3 Å². The molecule has 1 aromatic heterocycles. The zero-order valence-electron chi connectivity index (χ0n) is 10.0. The fourth-order valence-corrected chi connectivity index (χ4v) is 2.34. The van der Waals surface area contributed by atoms with Gasteiger partial charge in [-0.05, 0) is 12.5 Å². The van der Waals surface area contributed by atoms with Crippen molar-refractivity contribution in [3.05, 3.63) is 54.1 Å². The van der Waals surface area contributed by atoms with Gasteiger partial charge in [0.1, 0.15) is 0 Å². The normalized spacial score (nSPS) is 17.7. The predicted octanol–water partition coefficient (Wildman–Crippen LogP) is 2.18. The first-order chi connectivity index (χ1) is 8.36. The molecule has 1 aromatic carbocycles. The summed E-state index contributed by atoms with van der Waals surface area (Å²) in [5, 5.41) is 3.31. The van der Waals surface area contributed by atoms with E-state index in [9.17, 15) is 0 Å². The summed E-state index contributed by atoms with van der Waals surface area (Å²) in [6.45, 7) is 4.38. The Bertz CT molecular complexity index is 485. The van der Waals surface area contributed by atoms with E-state index in [1.165, 1.54) is 11.3 Å². The molecule has 0 saturated carbocycles.